The van der Waals surface area contributed by atoms with Crippen LogP contribution in [0, 0.1) is 17.8 Å². The van der Waals surface area contributed by atoms with E-state index in [0.29, 0.717) is 36.6 Å². The SMILES string of the molecule is CC(C)c1cnc(N2CC(CS(C)(=O)=O)C2)c2cnc(Nc3ccnc(N4C[C@H]5COC[C@H]5C4)n3)cc12. The quantitative estimate of drug-likeness (QED) is 0.496. The second kappa shape index (κ2) is 9.36. The van der Waals surface area contributed by atoms with Crippen LogP contribution in [0.3, 0.4) is 0 Å². The Bertz CT molecular complexity index is 1410. The predicted octanol–water partition coefficient (Wildman–Crippen LogP) is 2.85. The van der Waals surface area contributed by atoms with E-state index in [4.69, 9.17) is 19.7 Å². The fourth-order valence-electron chi connectivity index (χ4n) is 5.75. The molecule has 0 aliphatic carbocycles. The fraction of sp³-hybridized carbons (Fsp3) is 0.538. The summed E-state index contributed by atoms with van der Waals surface area (Å²) in [6, 6.07) is 3.92. The Labute approximate surface area is 217 Å². The van der Waals surface area contributed by atoms with Crippen LogP contribution in [-0.4, -0.2) is 79.8 Å². The minimum Gasteiger partial charge on any atom is -0.381 e. The lowest BCUT2D eigenvalue weighted by Crippen LogP contribution is -2.50. The summed E-state index contributed by atoms with van der Waals surface area (Å²) in [4.78, 5) is 23.1. The third-order valence-electron chi connectivity index (χ3n) is 7.62. The topological polar surface area (TPSA) is 113 Å². The number of pyridine rings is 2. The zero-order valence-electron chi connectivity index (χ0n) is 21.5. The first kappa shape index (κ1) is 24.3. The Morgan fingerprint density at radius 1 is 1.00 bits per heavy atom. The van der Waals surface area contributed by atoms with Gasteiger partial charge in [0.25, 0.3) is 0 Å². The number of sulfone groups is 1. The average Bonchev–Trinajstić information content (AvgIpc) is 3.43. The molecule has 6 rings (SSSR count). The average molecular weight is 524 g/mol. The zero-order valence-corrected chi connectivity index (χ0v) is 22.3. The maximum atomic E-state index is 11.7. The summed E-state index contributed by atoms with van der Waals surface area (Å²) in [6.07, 6.45) is 6.88. The molecule has 0 amide bonds. The first-order chi connectivity index (χ1) is 17.7. The smallest absolute Gasteiger partial charge is 0.227 e. The van der Waals surface area contributed by atoms with E-state index in [1.807, 2.05) is 18.5 Å². The molecular formula is C26H33N7O3S. The highest BCUT2D eigenvalue weighted by Gasteiger charge is 2.38. The monoisotopic (exact) mass is 523 g/mol. The summed E-state index contributed by atoms with van der Waals surface area (Å²) in [5.74, 6) is 4.77. The number of aromatic nitrogens is 4. The molecule has 0 unspecified atom stereocenters. The summed E-state index contributed by atoms with van der Waals surface area (Å²) in [7, 11) is -2.99. The van der Waals surface area contributed by atoms with Crippen molar-refractivity contribution in [3.63, 3.8) is 0 Å². The van der Waals surface area contributed by atoms with Crippen molar-refractivity contribution in [2.45, 2.75) is 19.8 Å². The molecule has 3 aromatic rings. The van der Waals surface area contributed by atoms with E-state index in [2.05, 4.69) is 40.0 Å². The molecule has 0 spiro atoms. The Balaban J connectivity index is 1.24. The van der Waals surface area contributed by atoms with Crippen molar-refractivity contribution >= 4 is 44.0 Å². The summed E-state index contributed by atoms with van der Waals surface area (Å²) in [5, 5.41) is 5.44. The van der Waals surface area contributed by atoms with Gasteiger partial charge in [-0.2, -0.15) is 4.98 Å². The van der Waals surface area contributed by atoms with E-state index in [0.717, 1.165) is 54.4 Å². The molecule has 3 saturated heterocycles. The van der Waals surface area contributed by atoms with Gasteiger partial charge in [0.1, 0.15) is 27.3 Å². The number of fused-ring (bicyclic) bond motifs is 2. The molecule has 3 aromatic heterocycles. The molecule has 11 heteroatoms. The molecule has 3 aliphatic heterocycles. The van der Waals surface area contributed by atoms with Crippen LogP contribution in [-0.2, 0) is 14.6 Å². The largest absolute Gasteiger partial charge is 0.381 e. The molecular weight excluding hydrogens is 490 g/mol. The number of ether oxygens (including phenoxy) is 1. The molecule has 3 aliphatic rings. The third kappa shape index (κ3) is 4.94. The fourth-order valence-corrected chi connectivity index (χ4v) is 6.82. The van der Waals surface area contributed by atoms with Gasteiger partial charge >= 0.3 is 0 Å². The van der Waals surface area contributed by atoms with E-state index in [1.54, 1.807) is 6.20 Å². The Morgan fingerprint density at radius 2 is 1.76 bits per heavy atom. The first-order valence-corrected chi connectivity index (χ1v) is 14.9. The molecule has 196 valence electrons. The van der Waals surface area contributed by atoms with Gasteiger partial charge in [0.2, 0.25) is 5.95 Å². The Kier molecular flexibility index (Phi) is 6.15. The van der Waals surface area contributed by atoms with Crippen LogP contribution >= 0.6 is 0 Å². The molecule has 6 heterocycles. The summed E-state index contributed by atoms with van der Waals surface area (Å²) in [5.41, 5.74) is 1.15. The van der Waals surface area contributed by atoms with Crippen LogP contribution in [0.4, 0.5) is 23.4 Å². The van der Waals surface area contributed by atoms with Crippen molar-refractivity contribution < 1.29 is 13.2 Å². The van der Waals surface area contributed by atoms with Gasteiger partial charge in [0.15, 0.2) is 0 Å². The minimum atomic E-state index is -2.99. The molecule has 37 heavy (non-hydrogen) atoms. The highest BCUT2D eigenvalue weighted by Crippen LogP contribution is 2.36. The molecule has 0 saturated carbocycles. The van der Waals surface area contributed by atoms with Crippen molar-refractivity contribution in [3.8, 4) is 0 Å². The van der Waals surface area contributed by atoms with Crippen molar-refractivity contribution in [2.24, 2.45) is 17.8 Å². The van der Waals surface area contributed by atoms with Crippen molar-refractivity contribution in [2.75, 3.05) is 66.5 Å². The van der Waals surface area contributed by atoms with Crippen LogP contribution in [0.5, 0.6) is 0 Å². The molecule has 0 aromatic carbocycles. The van der Waals surface area contributed by atoms with E-state index >= 15 is 0 Å². The van der Waals surface area contributed by atoms with Gasteiger partial charge in [0.05, 0.1) is 19.0 Å². The number of anilines is 4. The summed E-state index contributed by atoms with van der Waals surface area (Å²) >= 11 is 0. The second-order valence-corrected chi connectivity index (χ2v) is 13.2. The molecule has 0 bridgehead atoms. The number of nitrogens with zero attached hydrogens (tertiary/aromatic N) is 6. The van der Waals surface area contributed by atoms with Crippen LogP contribution < -0.4 is 15.1 Å². The normalized spacial score (nSPS) is 22.1. The van der Waals surface area contributed by atoms with E-state index in [9.17, 15) is 8.42 Å². The molecule has 10 nitrogen and oxygen atoms in total. The van der Waals surface area contributed by atoms with Gasteiger partial charge in [-0.3, -0.25) is 0 Å². The van der Waals surface area contributed by atoms with E-state index in [-0.39, 0.29) is 17.6 Å². The lowest BCUT2D eigenvalue weighted by atomic mass is 9.97. The van der Waals surface area contributed by atoms with Gasteiger partial charge in [0, 0.05) is 74.2 Å². The van der Waals surface area contributed by atoms with Crippen molar-refractivity contribution in [1.82, 2.24) is 19.9 Å². The summed E-state index contributed by atoms with van der Waals surface area (Å²) < 4.78 is 28.9. The van der Waals surface area contributed by atoms with Crippen LogP contribution in [0.2, 0.25) is 0 Å². The van der Waals surface area contributed by atoms with Crippen LogP contribution in [0.25, 0.3) is 10.8 Å². The number of nitrogens with one attached hydrogen (secondary N) is 1. The number of hydrogen-bond acceptors (Lipinski definition) is 10. The highest BCUT2D eigenvalue weighted by atomic mass is 32.2. The van der Waals surface area contributed by atoms with Gasteiger partial charge in [-0.1, -0.05) is 13.8 Å². The Hall–Kier alpha value is -3.05. The van der Waals surface area contributed by atoms with Crippen LogP contribution in [0.1, 0.15) is 25.3 Å². The first-order valence-electron chi connectivity index (χ1n) is 12.9. The lowest BCUT2D eigenvalue weighted by molar-refractivity contribution is 0.177. The van der Waals surface area contributed by atoms with Gasteiger partial charge in [-0.15, -0.1) is 0 Å². The molecule has 0 radical (unpaired) electrons. The number of rotatable bonds is 7. The van der Waals surface area contributed by atoms with Crippen molar-refractivity contribution in [3.05, 3.63) is 36.3 Å². The standard InChI is InChI=1S/C26H33N7O3S/c1-16(2)21-7-29-25(32-9-17(10-32)15-37(3,34)35)22-8-28-24(6-20(21)22)30-23-4-5-27-26(31-23)33-11-18-13-36-14-19(18)12-33/h4-8,16-19H,9-15H2,1-3H3,(H,27,28,30,31)/t18-,19+. The van der Waals surface area contributed by atoms with Crippen molar-refractivity contribution in [1.29, 1.82) is 0 Å². The third-order valence-corrected chi connectivity index (χ3v) is 8.70. The molecule has 1 N–H and O–H groups in total. The molecule has 3 fully saturated rings. The summed E-state index contributed by atoms with van der Waals surface area (Å²) in [6.45, 7) is 9.18. The Morgan fingerprint density at radius 3 is 2.46 bits per heavy atom. The predicted molar refractivity (Wildman–Crippen MR) is 144 cm³/mol. The van der Waals surface area contributed by atoms with Gasteiger partial charge in [-0.05, 0) is 29.0 Å². The van der Waals surface area contributed by atoms with Crippen LogP contribution in [0.15, 0.2) is 30.7 Å². The highest BCUT2D eigenvalue weighted by molar-refractivity contribution is 7.90. The van der Waals surface area contributed by atoms with Gasteiger partial charge in [-0.25, -0.2) is 23.4 Å². The van der Waals surface area contributed by atoms with E-state index in [1.165, 1.54) is 6.26 Å². The number of hydrogen-bond donors (Lipinski definition) is 1. The maximum absolute atomic E-state index is 11.7. The minimum absolute atomic E-state index is 0.139. The second-order valence-electron chi connectivity index (χ2n) is 11.0. The van der Waals surface area contributed by atoms with E-state index < -0.39 is 9.84 Å². The lowest BCUT2D eigenvalue weighted by Gasteiger charge is -2.40. The van der Waals surface area contributed by atoms with Gasteiger partial charge < -0.3 is 19.9 Å². The molecule has 2 atom stereocenters. The maximum Gasteiger partial charge on any atom is 0.227 e. The zero-order chi connectivity index (χ0) is 25.7.